The van der Waals surface area contributed by atoms with Gasteiger partial charge in [0, 0.05) is 25.7 Å². The zero-order valence-corrected chi connectivity index (χ0v) is 11.6. The van der Waals surface area contributed by atoms with Gasteiger partial charge >= 0.3 is 0 Å². The van der Waals surface area contributed by atoms with Gasteiger partial charge < -0.3 is 4.90 Å². The minimum atomic E-state index is 0.543. The van der Waals surface area contributed by atoms with Gasteiger partial charge in [-0.25, -0.2) is 0 Å². The molecule has 0 spiro atoms. The van der Waals surface area contributed by atoms with Crippen molar-refractivity contribution in [1.29, 1.82) is 5.26 Å². The van der Waals surface area contributed by atoms with E-state index >= 15 is 0 Å². The van der Waals surface area contributed by atoms with Crippen LogP contribution in [0.1, 0.15) is 18.9 Å². The second kappa shape index (κ2) is 5.60. The van der Waals surface area contributed by atoms with E-state index in [1.54, 1.807) is 6.07 Å². The van der Waals surface area contributed by atoms with E-state index in [1.807, 2.05) is 12.1 Å². The van der Waals surface area contributed by atoms with E-state index in [0.717, 1.165) is 31.7 Å². The van der Waals surface area contributed by atoms with Gasteiger partial charge in [-0.1, -0.05) is 24.6 Å². The summed E-state index contributed by atoms with van der Waals surface area (Å²) in [6.07, 6.45) is 1.12. The minimum absolute atomic E-state index is 0.543. The molecule has 1 aliphatic heterocycles. The van der Waals surface area contributed by atoms with Gasteiger partial charge in [0.05, 0.1) is 16.3 Å². The molecule has 0 aromatic heterocycles. The normalized spacial score (nSPS) is 20.8. The number of piperazine rings is 1. The fourth-order valence-electron chi connectivity index (χ4n) is 2.49. The highest BCUT2D eigenvalue weighted by molar-refractivity contribution is 6.32. The van der Waals surface area contributed by atoms with Gasteiger partial charge in [0.2, 0.25) is 0 Å². The molecule has 1 atom stereocenters. The Bertz CT molecular complexity index is 467. The molecule has 1 unspecified atom stereocenters. The molecule has 0 amide bonds. The van der Waals surface area contributed by atoms with E-state index in [-0.39, 0.29) is 0 Å². The summed E-state index contributed by atoms with van der Waals surface area (Å²) in [7, 11) is 2.16. The maximum atomic E-state index is 9.23. The molecule has 1 saturated heterocycles. The maximum Gasteiger partial charge on any atom is 0.103 e. The molecular formula is C14H18ClN3. The first kappa shape index (κ1) is 13.2. The SMILES string of the molecule is CCC1CN(c2cccc(Cl)c2C#N)CCN1C. The first-order valence-corrected chi connectivity index (χ1v) is 6.69. The number of anilines is 1. The fraction of sp³-hybridized carbons (Fsp3) is 0.500. The summed E-state index contributed by atoms with van der Waals surface area (Å²) in [5.74, 6) is 0. The molecule has 96 valence electrons. The van der Waals surface area contributed by atoms with Gasteiger partial charge in [0.15, 0.2) is 0 Å². The van der Waals surface area contributed by atoms with Crippen LogP contribution in [0.2, 0.25) is 5.02 Å². The number of rotatable bonds is 2. The predicted molar refractivity (Wildman–Crippen MR) is 75.1 cm³/mol. The van der Waals surface area contributed by atoms with Crippen LogP contribution in [0, 0.1) is 11.3 Å². The summed E-state index contributed by atoms with van der Waals surface area (Å²) in [6.45, 7) is 5.13. The standard InChI is InChI=1S/C14H18ClN3/c1-3-11-10-18(8-7-17(11)2)14-6-4-5-13(15)12(14)9-16/h4-6,11H,3,7-8,10H2,1-2H3. The Kier molecular flexibility index (Phi) is 4.11. The van der Waals surface area contributed by atoms with Crippen LogP contribution in [0.5, 0.6) is 0 Å². The van der Waals surface area contributed by atoms with Crippen molar-refractivity contribution in [3.63, 3.8) is 0 Å². The Balaban J connectivity index is 2.28. The van der Waals surface area contributed by atoms with E-state index < -0.39 is 0 Å². The molecule has 0 aliphatic carbocycles. The molecule has 2 rings (SSSR count). The van der Waals surface area contributed by atoms with Gasteiger partial charge in [0.25, 0.3) is 0 Å². The van der Waals surface area contributed by atoms with Crippen LogP contribution in [0.25, 0.3) is 0 Å². The molecule has 1 fully saturated rings. The van der Waals surface area contributed by atoms with Crippen molar-refractivity contribution < 1.29 is 0 Å². The highest BCUT2D eigenvalue weighted by atomic mass is 35.5. The van der Waals surface area contributed by atoms with Crippen LogP contribution < -0.4 is 4.90 Å². The first-order chi connectivity index (χ1) is 8.67. The van der Waals surface area contributed by atoms with E-state index in [9.17, 15) is 5.26 Å². The number of halogens is 1. The zero-order valence-electron chi connectivity index (χ0n) is 10.9. The second-order valence-electron chi connectivity index (χ2n) is 4.73. The Morgan fingerprint density at radius 1 is 1.44 bits per heavy atom. The number of hydrogen-bond donors (Lipinski definition) is 0. The van der Waals surface area contributed by atoms with Crippen molar-refractivity contribution >= 4 is 17.3 Å². The molecule has 0 N–H and O–H groups in total. The number of nitriles is 1. The molecule has 1 heterocycles. The number of hydrogen-bond acceptors (Lipinski definition) is 3. The van der Waals surface area contributed by atoms with Crippen molar-refractivity contribution in [2.24, 2.45) is 0 Å². The lowest BCUT2D eigenvalue weighted by atomic mass is 10.1. The predicted octanol–water partition coefficient (Wildman–Crippen LogP) is 2.74. The largest absolute Gasteiger partial charge is 0.368 e. The summed E-state index contributed by atoms with van der Waals surface area (Å²) >= 11 is 6.09. The molecule has 4 heteroatoms. The third kappa shape index (κ3) is 2.45. The van der Waals surface area contributed by atoms with Crippen LogP contribution in [0.15, 0.2) is 18.2 Å². The zero-order chi connectivity index (χ0) is 13.1. The van der Waals surface area contributed by atoms with Gasteiger partial charge in [-0.2, -0.15) is 5.26 Å². The third-order valence-corrected chi connectivity index (χ3v) is 4.01. The summed E-state index contributed by atoms with van der Waals surface area (Å²) in [4.78, 5) is 4.66. The molecule has 1 aromatic rings. The maximum absolute atomic E-state index is 9.23. The van der Waals surface area contributed by atoms with Crippen molar-refractivity contribution in [2.45, 2.75) is 19.4 Å². The highest BCUT2D eigenvalue weighted by Gasteiger charge is 2.24. The molecule has 3 nitrogen and oxygen atoms in total. The molecule has 0 saturated carbocycles. The van der Waals surface area contributed by atoms with Crippen molar-refractivity contribution in [3.05, 3.63) is 28.8 Å². The highest BCUT2D eigenvalue weighted by Crippen LogP contribution is 2.28. The number of benzene rings is 1. The second-order valence-corrected chi connectivity index (χ2v) is 5.14. The molecule has 1 aliphatic rings. The van der Waals surface area contributed by atoms with Crippen LogP contribution in [0.3, 0.4) is 0 Å². The Hall–Kier alpha value is -1.24. The molecule has 1 aromatic carbocycles. The smallest absolute Gasteiger partial charge is 0.103 e. The third-order valence-electron chi connectivity index (χ3n) is 3.69. The monoisotopic (exact) mass is 263 g/mol. The number of likely N-dealkylation sites (N-methyl/N-ethyl adjacent to an activating group) is 1. The minimum Gasteiger partial charge on any atom is -0.368 e. The van der Waals surface area contributed by atoms with Crippen molar-refractivity contribution in [2.75, 3.05) is 31.6 Å². The average Bonchev–Trinajstić information content (AvgIpc) is 2.39. The summed E-state index contributed by atoms with van der Waals surface area (Å²) in [6, 6.07) is 8.44. The lowest BCUT2D eigenvalue weighted by Crippen LogP contribution is -2.51. The van der Waals surface area contributed by atoms with E-state index in [2.05, 4.69) is 29.8 Å². The van der Waals surface area contributed by atoms with Crippen molar-refractivity contribution in [1.82, 2.24) is 4.90 Å². The number of nitrogens with zero attached hydrogens (tertiary/aromatic N) is 3. The van der Waals surface area contributed by atoms with Crippen molar-refractivity contribution in [3.8, 4) is 6.07 Å². The van der Waals surface area contributed by atoms with Crippen LogP contribution in [-0.4, -0.2) is 37.6 Å². The van der Waals surface area contributed by atoms with Crippen LogP contribution in [0.4, 0.5) is 5.69 Å². The quantitative estimate of drug-likeness (QED) is 0.822. The van der Waals surface area contributed by atoms with Gasteiger partial charge in [0.1, 0.15) is 6.07 Å². The van der Waals surface area contributed by atoms with E-state index in [0.29, 0.717) is 16.6 Å². The summed E-state index contributed by atoms with van der Waals surface area (Å²) < 4.78 is 0. The summed E-state index contributed by atoms with van der Waals surface area (Å²) in [5, 5.41) is 9.78. The van der Waals surface area contributed by atoms with Gasteiger partial charge in [-0.05, 0) is 25.6 Å². The molecular weight excluding hydrogens is 246 g/mol. The molecule has 18 heavy (non-hydrogen) atoms. The Labute approximate surface area is 114 Å². The molecule has 0 radical (unpaired) electrons. The van der Waals surface area contributed by atoms with Gasteiger partial charge in [-0.15, -0.1) is 0 Å². The van der Waals surface area contributed by atoms with Gasteiger partial charge in [-0.3, -0.25) is 4.90 Å². The fourth-order valence-corrected chi connectivity index (χ4v) is 2.70. The van der Waals surface area contributed by atoms with Crippen LogP contribution >= 0.6 is 11.6 Å². The van der Waals surface area contributed by atoms with E-state index in [4.69, 9.17) is 11.6 Å². The lowest BCUT2D eigenvalue weighted by molar-refractivity contribution is 0.213. The van der Waals surface area contributed by atoms with Crippen LogP contribution in [-0.2, 0) is 0 Å². The summed E-state index contributed by atoms with van der Waals surface area (Å²) in [5.41, 5.74) is 1.56. The van der Waals surface area contributed by atoms with E-state index in [1.165, 1.54) is 0 Å². The first-order valence-electron chi connectivity index (χ1n) is 6.31. The molecule has 0 bridgehead atoms. The Morgan fingerprint density at radius 3 is 2.89 bits per heavy atom. The Morgan fingerprint density at radius 2 is 2.22 bits per heavy atom. The lowest BCUT2D eigenvalue weighted by Gasteiger charge is -2.40. The average molecular weight is 264 g/mol. The topological polar surface area (TPSA) is 30.3 Å².